The number of likely N-dealkylation sites (tertiary alicyclic amines) is 2. The number of hydrogen-bond acceptors (Lipinski definition) is 4. The van der Waals surface area contributed by atoms with Gasteiger partial charge < -0.3 is 14.9 Å². The molecule has 2 atom stereocenters. The Hall–Kier alpha value is -1.63. The highest BCUT2D eigenvalue weighted by atomic mass is 16.4. The zero-order chi connectivity index (χ0) is 19.3. The van der Waals surface area contributed by atoms with Gasteiger partial charge in [0, 0.05) is 38.1 Å². The number of carbonyl (C=O) groups excluding carboxylic acids is 2. The second kappa shape index (κ2) is 9.35. The Morgan fingerprint density at radius 2 is 1.92 bits per heavy atom. The van der Waals surface area contributed by atoms with Gasteiger partial charge in [-0.2, -0.15) is 0 Å². The Kier molecular flexibility index (Phi) is 7.43. The maximum Gasteiger partial charge on any atom is 0.317 e. The number of carboxylic acid groups (broad SMARTS) is 1. The highest BCUT2D eigenvalue weighted by Crippen LogP contribution is 2.26. The Morgan fingerprint density at radius 3 is 2.46 bits per heavy atom. The summed E-state index contributed by atoms with van der Waals surface area (Å²) in [5.41, 5.74) is 0. The minimum absolute atomic E-state index is 0.0521. The zero-order valence-corrected chi connectivity index (χ0v) is 16.3. The first kappa shape index (κ1) is 20.7. The summed E-state index contributed by atoms with van der Waals surface area (Å²) in [7, 11) is 0. The number of nitrogens with zero attached hydrogens (tertiary/aromatic N) is 3. The van der Waals surface area contributed by atoms with Crippen molar-refractivity contribution in [2.24, 2.45) is 5.92 Å². The Morgan fingerprint density at radius 1 is 1.27 bits per heavy atom. The molecule has 7 nitrogen and oxygen atoms in total. The number of piperidine rings is 1. The van der Waals surface area contributed by atoms with Gasteiger partial charge in [-0.1, -0.05) is 20.3 Å². The quantitative estimate of drug-likeness (QED) is 0.702. The third-order valence-corrected chi connectivity index (χ3v) is 5.78. The molecule has 1 N–H and O–H groups in total. The second-order valence-electron chi connectivity index (χ2n) is 7.60. The van der Waals surface area contributed by atoms with Crippen LogP contribution in [0.3, 0.4) is 0 Å². The molecule has 2 heterocycles. The van der Waals surface area contributed by atoms with Crippen LogP contribution in [0.5, 0.6) is 0 Å². The molecule has 148 valence electrons. The van der Waals surface area contributed by atoms with Crippen LogP contribution in [0.2, 0.25) is 0 Å². The van der Waals surface area contributed by atoms with Crippen molar-refractivity contribution in [3.63, 3.8) is 0 Å². The molecule has 0 radical (unpaired) electrons. The van der Waals surface area contributed by atoms with E-state index in [0.717, 1.165) is 25.7 Å². The van der Waals surface area contributed by atoms with Gasteiger partial charge in [-0.3, -0.25) is 19.3 Å². The molecule has 2 saturated heterocycles. The molecular weight excluding hydrogens is 334 g/mol. The first-order chi connectivity index (χ1) is 12.4. The molecular formula is C19H33N3O4. The standard InChI is InChI=1S/C19H33N3O4/c1-4-6-14(3)22-12-15(11-17(22)23)19(26)21-9-7-16(8-10-21)20(5-2)13-18(24)25/h14-16H,4-13H2,1-3H3,(H,24,25). The van der Waals surface area contributed by atoms with Crippen LogP contribution in [0.4, 0.5) is 0 Å². The van der Waals surface area contributed by atoms with Crippen molar-refractivity contribution in [1.29, 1.82) is 0 Å². The number of likely N-dealkylation sites (N-methyl/N-ethyl adjacent to an activating group) is 1. The van der Waals surface area contributed by atoms with Gasteiger partial charge >= 0.3 is 5.97 Å². The molecule has 7 heteroatoms. The molecule has 0 saturated carbocycles. The summed E-state index contributed by atoms with van der Waals surface area (Å²) in [5, 5.41) is 9.02. The van der Waals surface area contributed by atoms with Crippen molar-refractivity contribution in [3.8, 4) is 0 Å². The third-order valence-electron chi connectivity index (χ3n) is 5.78. The van der Waals surface area contributed by atoms with E-state index in [0.29, 0.717) is 32.6 Å². The minimum atomic E-state index is -0.809. The van der Waals surface area contributed by atoms with E-state index >= 15 is 0 Å². The number of amides is 2. The molecule has 0 bridgehead atoms. The van der Waals surface area contributed by atoms with E-state index in [1.165, 1.54) is 0 Å². The Balaban J connectivity index is 1.86. The minimum Gasteiger partial charge on any atom is -0.480 e. The van der Waals surface area contributed by atoms with E-state index in [-0.39, 0.29) is 36.4 Å². The van der Waals surface area contributed by atoms with Gasteiger partial charge in [-0.25, -0.2) is 0 Å². The molecule has 2 unspecified atom stereocenters. The summed E-state index contributed by atoms with van der Waals surface area (Å²) >= 11 is 0. The van der Waals surface area contributed by atoms with E-state index < -0.39 is 5.97 Å². The van der Waals surface area contributed by atoms with Gasteiger partial charge in [0.2, 0.25) is 11.8 Å². The second-order valence-corrected chi connectivity index (χ2v) is 7.60. The summed E-state index contributed by atoms with van der Waals surface area (Å²) in [6.45, 7) is 8.72. The molecule has 26 heavy (non-hydrogen) atoms. The van der Waals surface area contributed by atoms with E-state index in [4.69, 9.17) is 5.11 Å². The molecule has 2 fully saturated rings. The van der Waals surface area contributed by atoms with E-state index in [1.54, 1.807) is 0 Å². The first-order valence-corrected chi connectivity index (χ1v) is 9.91. The normalized spacial score (nSPS) is 22.9. The van der Waals surface area contributed by atoms with E-state index in [9.17, 15) is 14.4 Å². The van der Waals surface area contributed by atoms with Gasteiger partial charge in [0.15, 0.2) is 0 Å². The lowest BCUT2D eigenvalue weighted by atomic mass is 10.00. The summed E-state index contributed by atoms with van der Waals surface area (Å²) in [6.07, 6.45) is 3.91. The molecule has 0 aromatic carbocycles. The highest BCUT2D eigenvalue weighted by molar-refractivity contribution is 5.89. The fraction of sp³-hybridized carbons (Fsp3) is 0.842. The number of hydrogen-bond donors (Lipinski definition) is 1. The van der Waals surface area contributed by atoms with Crippen LogP contribution in [0.15, 0.2) is 0 Å². The number of carbonyl (C=O) groups is 3. The average molecular weight is 367 g/mol. The SMILES string of the molecule is CCCC(C)N1CC(C(=O)N2CCC(N(CC)CC(=O)O)CC2)CC1=O. The van der Waals surface area contributed by atoms with Gasteiger partial charge in [0.05, 0.1) is 12.5 Å². The van der Waals surface area contributed by atoms with Gasteiger partial charge in [0.25, 0.3) is 0 Å². The van der Waals surface area contributed by atoms with E-state index in [2.05, 4.69) is 13.8 Å². The van der Waals surface area contributed by atoms with Crippen molar-refractivity contribution in [1.82, 2.24) is 14.7 Å². The summed E-state index contributed by atoms with van der Waals surface area (Å²) in [5.74, 6) is -0.849. The lowest BCUT2D eigenvalue weighted by molar-refractivity contribution is -0.141. The van der Waals surface area contributed by atoms with Crippen molar-refractivity contribution in [2.75, 3.05) is 32.7 Å². The number of aliphatic carboxylic acids is 1. The van der Waals surface area contributed by atoms with Crippen molar-refractivity contribution in [2.45, 2.75) is 65.0 Å². The summed E-state index contributed by atoms with van der Waals surface area (Å²) in [6, 6.07) is 0.414. The van der Waals surface area contributed by atoms with Crippen LogP contribution in [-0.2, 0) is 14.4 Å². The van der Waals surface area contributed by atoms with Crippen molar-refractivity contribution in [3.05, 3.63) is 0 Å². The van der Waals surface area contributed by atoms with Crippen LogP contribution < -0.4 is 0 Å². The predicted octanol–water partition coefficient (Wildman–Crippen LogP) is 1.42. The molecule has 0 spiro atoms. The summed E-state index contributed by atoms with van der Waals surface area (Å²) in [4.78, 5) is 41.8. The van der Waals surface area contributed by atoms with Gasteiger partial charge in [-0.05, 0) is 32.7 Å². The monoisotopic (exact) mass is 367 g/mol. The molecule has 0 aliphatic carbocycles. The summed E-state index contributed by atoms with van der Waals surface area (Å²) < 4.78 is 0. The number of rotatable bonds is 8. The zero-order valence-electron chi connectivity index (χ0n) is 16.3. The maximum absolute atomic E-state index is 12.8. The highest BCUT2D eigenvalue weighted by Gasteiger charge is 2.39. The van der Waals surface area contributed by atoms with Crippen LogP contribution in [0.1, 0.15) is 52.9 Å². The fourth-order valence-electron chi connectivity index (χ4n) is 4.28. The Labute approximate surface area is 156 Å². The van der Waals surface area contributed by atoms with Crippen LogP contribution in [0.25, 0.3) is 0 Å². The maximum atomic E-state index is 12.8. The first-order valence-electron chi connectivity index (χ1n) is 9.91. The molecule has 0 aromatic rings. The average Bonchev–Trinajstić information content (AvgIpc) is 3.01. The lowest BCUT2D eigenvalue weighted by Gasteiger charge is -2.38. The van der Waals surface area contributed by atoms with Gasteiger partial charge in [0.1, 0.15) is 0 Å². The largest absolute Gasteiger partial charge is 0.480 e. The van der Waals surface area contributed by atoms with Crippen molar-refractivity contribution >= 4 is 17.8 Å². The van der Waals surface area contributed by atoms with Crippen LogP contribution in [0, 0.1) is 5.92 Å². The van der Waals surface area contributed by atoms with Gasteiger partial charge in [-0.15, -0.1) is 0 Å². The molecule has 2 amide bonds. The number of carboxylic acids is 1. The smallest absolute Gasteiger partial charge is 0.317 e. The molecule has 2 aliphatic rings. The lowest BCUT2D eigenvalue weighted by Crippen LogP contribution is -2.49. The predicted molar refractivity (Wildman–Crippen MR) is 98.7 cm³/mol. The third kappa shape index (κ3) is 4.96. The fourth-order valence-corrected chi connectivity index (χ4v) is 4.28. The topological polar surface area (TPSA) is 81.2 Å². The molecule has 0 aromatic heterocycles. The van der Waals surface area contributed by atoms with E-state index in [1.807, 2.05) is 21.6 Å². The molecule has 2 aliphatic heterocycles. The molecule has 2 rings (SSSR count). The van der Waals surface area contributed by atoms with Crippen molar-refractivity contribution < 1.29 is 19.5 Å². The van der Waals surface area contributed by atoms with Crippen LogP contribution in [-0.4, -0.2) is 82.4 Å². The van der Waals surface area contributed by atoms with Crippen LogP contribution >= 0.6 is 0 Å². The Bertz CT molecular complexity index is 517.